The zero-order chi connectivity index (χ0) is 19.5. The first-order chi connectivity index (χ1) is 13.6. The molecule has 0 radical (unpaired) electrons. The number of carbonyl (C=O) groups is 2. The maximum absolute atomic E-state index is 12.8. The Morgan fingerprint density at radius 2 is 1.86 bits per heavy atom. The van der Waals surface area contributed by atoms with Crippen molar-refractivity contribution in [2.45, 2.75) is 51.2 Å². The normalized spacial score (nSPS) is 21.6. The lowest BCUT2D eigenvalue weighted by molar-refractivity contribution is 0.0308. The standard InChI is InChI=1S/C22H31N3O3/c1-2-21(26)17-6-3-9-19(14-17)28-20-15-25(16-20)22(27)24-11-5-10-23(12-13-24)18-7-4-8-18/h3,6,9,14,18,20H,2,4-5,7-8,10-13,15-16H2,1H3. The van der Waals surface area contributed by atoms with Gasteiger partial charge in [-0.2, -0.15) is 0 Å². The molecule has 3 aliphatic rings. The van der Waals surface area contributed by atoms with Crippen LogP contribution in [0.5, 0.6) is 5.75 Å². The van der Waals surface area contributed by atoms with Crippen molar-refractivity contribution in [1.29, 1.82) is 0 Å². The van der Waals surface area contributed by atoms with Crippen LogP contribution in [-0.4, -0.2) is 77.9 Å². The van der Waals surface area contributed by atoms with Crippen LogP contribution in [0.15, 0.2) is 24.3 Å². The molecule has 2 heterocycles. The molecule has 4 rings (SSSR count). The summed E-state index contributed by atoms with van der Waals surface area (Å²) in [5.41, 5.74) is 0.688. The molecule has 1 aromatic rings. The van der Waals surface area contributed by atoms with Crippen LogP contribution < -0.4 is 4.74 Å². The molecule has 2 saturated heterocycles. The molecule has 0 N–H and O–H groups in total. The highest BCUT2D eigenvalue weighted by atomic mass is 16.5. The van der Waals surface area contributed by atoms with Gasteiger partial charge in [0, 0.05) is 44.2 Å². The minimum atomic E-state index is 0.00869. The topological polar surface area (TPSA) is 53.1 Å². The van der Waals surface area contributed by atoms with Gasteiger partial charge < -0.3 is 14.5 Å². The molecule has 0 unspecified atom stereocenters. The fourth-order valence-corrected chi connectivity index (χ4v) is 4.25. The molecule has 2 amide bonds. The van der Waals surface area contributed by atoms with Gasteiger partial charge in [0.25, 0.3) is 0 Å². The second-order valence-electron chi connectivity index (χ2n) is 8.19. The quantitative estimate of drug-likeness (QED) is 0.731. The SMILES string of the molecule is CCC(=O)c1cccc(OC2CN(C(=O)N3CCCN(C4CCC4)CC3)C2)c1. The van der Waals surface area contributed by atoms with Gasteiger partial charge in [0.15, 0.2) is 5.78 Å². The van der Waals surface area contributed by atoms with Crippen LogP contribution in [0.1, 0.15) is 49.4 Å². The number of urea groups is 1. The van der Waals surface area contributed by atoms with Gasteiger partial charge >= 0.3 is 6.03 Å². The van der Waals surface area contributed by atoms with Crippen molar-refractivity contribution in [3.8, 4) is 5.75 Å². The number of rotatable bonds is 5. The summed E-state index contributed by atoms with van der Waals surface area (Å²) in [6, 6.07) is 8.25. The van der Waals surface area contributed by atoms with E-state index >= 15 is 0 Å². The average Bonchev–Trinajstić information content (AvgIpc) is 2.88. The first-order valence-corrected chi connectivity index (χ1v) is 10.7. The van der Waals surface area contributed by atoms with E-state index in [-0.39, 0.29) is 17.9 Å². The number of ketones is 1. The molecular weight excluding hydrogens is 354 g/mol. The maximum Gasteiger partial charge on any atom is 0.320 e. The van der Waals surface area contributed by atoms with Crippen molar-refractivity contribution in [3.05, 3.63) is 29.8 Å². The Hall–Kier alpha value is -2.08. The van der Waals surface area contributed by atoms with Crippen molar-refractivity contribution < 1.29 is 14.3 Å². The number of carbonyl (C=O) groups excluding carboxylic acids is 2. The number of likely N-dealkylation sites (tertiary alicyclic amines) is 1. The highest BCUT2D eigenvalue weighted by Gasteiger charge is 2.36. The van der Waals surface area contributed by atoms with E-state index in [2.05, 4.69) is 4.90 Å². The van der Waals surface area contributed by atoms with Crippen molar-refractivity contribution in [1.82, 2.24) is 14.7 Å². The summed E-state index contributed by atoms with van der Waals surface area (Å²) in [6.07, 6.45) is 5.56. The fraction of sp³-hybridized carbons (Fsp3) is 0.636. The summed E-state index contributed by atoms with van der Waals surface area (Å²) in [5.74, 6) is 0.829. The van der Waals surface area contributed by atoms with Crippen molar-refractivity contribution >= 4 is 11.8 Å². The monoisotopic (exact) mass is 385 g/mol. The van der Waals surface area contributed by atoms with Crippen LogP contribution in [0.2, 0.25) is 0 Å². The summed E-state index contributed by atoms with van der Waals surface area (Å²) in [7, 11) is 0. The first-order valence-electron chi connectivity index (χ1n) is 10.7. The van der Waals surface area contributed by atoms with Gasteiger partial charge in [0.1, 0.15) is 11.9 Å². The van der Waals surface area contributed by atoms with E-state index in [0.717, 1.165) is 38.6 Å². The summed E-state index contributed by atoms with van der Waals surface area (Å²) in [5, 5.41) is 0. The molecule has 0 bridgehead atoms. The zero-order valence-corrected chi connectivity index (χ0v) is 16.8. The lowest BCUT2D eigenvalue weighted by Crippen LogP contribution is -2.60. The third-order valence-corrected chi connectivity index (χ3v) is 6.29. The van der Waals surface area contributed by atoms with E-state index in [4.69, 9.17) is 4.74 Å². The van der Waals surface area contributed by atoms with E-state index in [1.54, 1.807) is 6.07 Å². The Morgan fingerprint density at radius 1 is 1.04 bits per heavy atom. The fourth-order valence-electron chi connectivity index (χ4n) is 4.25. The van der Waals surface area contributed by atoms with E-state index in [9.17, 15) is 9.59 Å². The molecule has 0 atom stereocenters. The smallest absolute Gasteiger partial charge is 0.320 e. The third-order valence-electron chi connectivity index (χ3n) is 6.29. The van der Waals surface area contributed by atoms with Gasteiger partial charge in [-0.3, -0.25) is 9.69 Å². The molecule has 3 fully saturated rings. The van der Waals surface area contributed by atoms with Crippen LogP contribution in [0.3, 0.4) is 0 Å². The van der Waals surface area contributed by atoms with E-state index in [0.29, 0.717) is 30.8 Å². The van der Waals surface area contributed by atoms with Crippen LogP contribution in [0, 0.1) is 0 Å². The Bertz CT molecular complexity index is 713. The Balaban J connectivity index is 1.24. The number of nitrogens with zero attached hydrogens (tertiary/aromatic N) is 3. The Morgan fingerprint density at radius 3 is 2.57 bits per heavy atom. The second kappa shape index (κ2) is 8.52. The number of Topliss-reactive ketones (excluding diaryl/α,β-unsaturated/α-hetero) is 1. The van der Waals surface area contributed by atoms with Crippen molar-refractivity contribution in [2.24, 2.45) is 0 Å². The van der Waals surface area contributed by atoms with Gasteiger partial charge in [0.05, 0.1) is 13.1 Å². The van der Waals surface area contributed by atoms with Crippen LogP contribution in [0.4, 0.5) is 4.79 Å². The molecule has 28 heavy (non-hydrogen) atoms. The Labute approximate surface area is 167 Å². The number of benzene rings is 1. The summed E-state index contributed by atoms with van der Waals surface area (Å²) >= 11 is 0. The lowest BCUT2D eigenvalue weighted by atomic mass is 9.91. The van der Waals surface area contributed by atoms with Gasteiger partial charge in [-0.25, -0.2) is 4.79 Å². The van der Waals surface area contributed by atoms with Crippen molar-refractivity contribution in [2.75, 3.05) is 39.3 Å². The van der Waals surface area contributed by atoms with Crippen LogP contribution in [0.25, 0.3) is 0 Å². The minimum absolute atomic E-state index is 0.00869. The van der Waals surface area contributed by atoms with Gasteiger partial charge in [0.2, 0.25) is 0 Å². The molecule has 1 saturated carbocycles. The predicted molar refractivity (Wildman–Crippen MR) is 108 cm³/mol. The molecule has 0 spiro atoms. The van der Waals surface area contributed by atoms with Crippen LogP contribution >= 0.6 is 0 Å². The average molecular weight is 386 g/mol. The third kappa shape index (κ3) is 4.17. The summed E-state index contributed by atoms with van der Waals surface area (Å²) < 4.78 is 5.98. The largest absolute Gasteiger partial charge is 0.487 e. The minimum Gasteiger partial charge on any atom is -0.487 e. The number of hydrogen-bond donors (Lipinski definition) is 0. The predicted octanol–water partition coefficient (Wildman–Crippen LogP) is 3.02. The van der Waals surface area contributed by atoms with E-state index in [1.165, 1.54) is 19.3 Å². The summed E-state index contributed by atoms with van der Waals surface area (Å²) in [4.78, 5) is 31.1. The first kappa shape index (κ1) is 19.2. The number of hydrogen-bond acceptors (Lipinski definition) is 4. The van der Waals surface area contributed by atoms with Crippen molar-refractivity contribution in [3.63, 3.8) is 0 Å². The van der Waals surface area contributed by atoms with Crippen LogP contribution in [-0.2, 0) is 0 Å². The zero-order valence-electron chi connectivity index (χ0n) is 16.8. The molecule has 1 aromatic carbocycles. The van der Waals surface area contributed by atoms with Gasteiger partial charge in [-0.1, -0.05) is 25.5 Å². The van der Waals surface area contributed by atoms with Gasteiger partial charge in [-0.05, 0) is 31.4 Å². The number of ether oxygens (including phenoxy) is 1. The second-order valence-corrected chi connectivity index (χ2v) is 8.19. The molecule has 152 valence electrons. The molecule has 1 aliphatic carbocycles. The maximum atomic E-state index is 12.8. The van der Waals surface area contributed by atoms with Gasteiger partial charge in [-0.15, -0.1) is 0 Å². The Kier molecular flexibility index (Phi) is 5.85. The molecule has 2 aliphatic heterocycles. The lowest BCUT2D eigenvalue weighted by Gasteiger charge is -2.41. The highest BCUT2D eigenvalue weighted by molar-refractivity contribution is 5.96. The van der Waals surface area contributed by atoms with E-state index in [1.807, 2.05) is 34.9 Å². The molecular formula is C22H31N3O3. The number of amides is 2. The molecule has 6 nitrogen and oxygen atoms in total. The molecule has 0 aromatic heterocycles. The highest BCUT2D eigenvalue weighted by Crippen LogP contribution is 2.26. The molecule has 6 heteroatoms. The summed E-state index contributed by atoms with van der Waals surface area (Å²) in [6.45, 7) is 6.90. The van der Waals surface area contributed by atoms with E-state index < -0.39 is 0 Å².